The number of aromatic nitrogens is 5. The molecule has 1 saturated carbocycles. The molecule has 0 spiro atoms. The Kier molecular flexibility index (Phi) is 6.35. The third-order valence-corrected chi connectivity index (χ3v) is 8.01. The van der Waals surface area contributed by atoms with Crippen molar-refractivity contribution in [1.29, 1.82) is 0 Å². The van der Waals surface area contributed by atoms with Gasteiger partial charge in [0, 0.05) is 55.9 Å². The normalized spacial score (nSPS) is 17.5. The number of nitrogens with zero attached hydrogens (tertiary/aromatic N) is 7. The van der Waals surface area contributed by atoms with Crippen LogP contribution in [-0.2, 0) is 6.54 Å². The van der Waals surface area contributed by atoms with Gasteiger partial charge in [-0.05, 0) is 42.5 Å². The Bertz CT molecular complexity index is 1250. The fourth-order valence-electron chi connectivity index (χ4n) is 5.18. The van der Waals surface area contributed by atoms with Gasteiger partial charge in [0.25, 0.3) is 0 Å². The largest absolute Gasteiger partial charge is 0.364 e. The zero-order valence-electron chi connectivity index (χ0n) is 20.2. The Labute approximate surface area is 210 Å². The maximum absolute atomic E-state index is 5.06. The van der Waals surface area contributed by atoms with Gasteiger partial charge in [0.1, 0.15) is 0 Å². The van der Waals surface area contributed by atoms with Gasteiger partial charge in [-0.3, -0.25) is 4.98 Å². The zero-order valence-corrected chi connectivity index (χ0v) is 21.0. The Morgan fingerprint density at radius 1 is 1.03 bits per heavy atom. The van der Waals surface area contributed by atoms with E-state index >= 15 is 0 Å². The maximum atomic E-state index is 5.06. The minimum atomic E-state index is 0.487. The first-order valence-corrected chi connectivity index (χ1v) is 13.7. The molecule has 2 fully saturated rings. The van der Waals surface area contributed by atoms with Crippen LogP contribution in [-0.4, -0.2) is 62.1 Å². The molecule has 4 aromatic rings. The number of hydrogen-bond donors (Lipinski definition) is 1. The summed E-state index contributed by atoms with van der Waals surface area (Å²) in [7, 11) is 0. The number of pyridine rings is 1. The van der Waals surface area contributed by atoms with E-state index < -0.39 is 0 Å². The highest BCUT2D eigenvalue weighted by atomic mass is 32.1. The van der Waals surface area contributed by atoms with Crippen molar-refractivity contribution in [2.75, 3.05) is 42.9 Å². The number of anilines is 2. The first kappa shape index (κ1) is 22.4. The predicted octanol–water partition coefficient (Wildman–Crippen LogP) is 4.82. The van der Waals surface area contributed by atoms with Gasteiger partial charge < -0.3 is 19.7 Å². The van der Waals surface area contributed by atoms with Crippen LogP contribution in [0.15, 0.2) is 41.5 Å². The molecule has 5 heterocycles. The fourth-order valence-corrected chi connectivity index (χ4v) is 5.83. The summed E-state index contributed by atoms with van der Waals surface area (Å²) in [5.74, 6) is 1.61. The Balaban J connectivity index is 1.28. The summed E-state index contributed by atoms with van der Waals surface area (Å²) < 4.78 is 2.29. The van der Waals surface area contributed by atoms with E-state index in [1.165, 1.54) is 25.7 Å². The van der Waals surface area contributed by atoms with E-state index in [0.29, 0.717) is 12.6 Å². The zero-order chi connectivity index (χ0) is 23.6. The van der Waals surface area contributed by atoms with Gasteiger partial charge in [0.15, 0.2) is 17.0 Å². The van der Waals surface area contributed by atoms with Gasteiger partial charge in [0.05, 0.1) is 12.0 Å². The summed E-state index contributed by atoms with van der Waals surface area (Å²) >= 11 is 1.69. The molecule has 0 atom stereocenters. The van der Waals surface area contributed by atoms with Crippen LogP contribution in [0.2, 0.25) is 0 Å². The summed E-state index contributed by atoms with van der Waals surface area (Å²) in [6.07, 6.45) is 8.87. The van der Waals surface area contributed by atoms with Gasteiger partial charge in [0.2, 0.25) is 5.95 Å². The number of hydrogen-bond acceptors (Lipinski definition) is 8. The molecule has 4 aromatic heterocycles. The van der Waals surface area contributed by atoms with Crippen LogP contribution in [0.5, 0.6) is 0 Å². The highest BCUT2D eigenvalue weighted by Crippen LogP contribution is 2.33. The number of likely N-dealkylation sites (N-methyl/N-ethyl adjacent to an activating group) is 1. The van der Waals surface area contributed by atoms with E-state index in [2.05, 4.69) is 60.6 Å². The van der Waals surface area contributed by atoms with Crippen molar-refractivity contribution in [3.63, 3.8) is 0 Å². The second-order valence-corrected chi connectivity index (χ2v) is 10.3. The summed E-state index contributed by atoms with van der Waals surface area (Å²) in [6.45, 7) is 7.95. The number of rotatable bonds is 7. The predicted molar refractivity (Wildman–Crippen MR) is 142 cm³/mol. The lowest BCUT2D eigenvalue weighted by Gasteiger charge is -2.34. The van der Waals surface area contributed by atoms with E-state index in [-0.39, 0.29) is 0 Å². The number of thiophene rings is 1. The topological polar surface area (TPSA) is 75.0 Å². The van der Waals surface area contributed by atoms with Crippen LogP contribution >= 0.6 is 11.3 Å². The van der Waals surface area contributed by atoms with Crippen molar-refractivity contribution in [1.82, 2.24) is 29.4 Å². The average molecular weight is 489 g/mol. The van der Waals surface area contributed by atoms with Crippen molar-refractivity contribution in [2.24, 2.45) is 0 Å². The first-order chi connectivity index (χ1) is 17.3. The molecule has 182 valence electrons. The molecule has 0 bridgehead atoms. The van der Waals surface area contributed by atoms with Crippen LogP contribution < -0.4 is 10.2 Å². The van der Waals surface area contributed by atoms with E-state index in [1.54, 1.807) is 11.3 Å². The van der Waals surface area contributed by atoms with Crippen LogP contribution in [0, 0.1) is 0 Å². The van der Waals surface area contributed by atoms with Crippen molar-refractivity contribution >= 4 is 34.3 Å². The Hall–Kier alpha value is -3.04. The van der Waals surface area contributed by atoms with E-state index in [0.717, 1.165) is 72.5 Å². The van der Waals surface area contributed by atoms with Gasteiger partial charge in [-0.25, -0.2) is 4.98 Å². The molecule has 0 aromatic carbocycles. The quantitative estimate of drug-likeness (QED) is 0.400. The van der Waals surface area contributed by atoms with Crippen molar-refractivity contribution < 1.29 is 0 Å². The number of piperazine rings is 1. The second kappa shape index (κ2) is 9.91. The molecule has 2 aliphatic rings. The van der Waals surface area contributed by atoms with Crippen molar-refractivity contribution in [2.45, 2.75) is 45.2 Å². The van der Waals surface area contributed by atoms with Crippen LogP contribution in [0.4, 0.5) is 11.8 Å². The lowest BCUT2D eigenvalue weighted by Crippen LogP contribution is -2.46. The number of nitrogens with one attached hydrogen (secondary N) is 1. The molecule has 35 heavy (non-hydrogen) atoms. The molecule has 0 unspecified atom stereocenters. The van der Waals surface area contributed by atoms with Crippen molar-refractivity contribution in [3.8, 4) is 11.3 Å². The smallest absolute Gasteiger partial charge is 0.229 e. The molecular weight excluding hydrogens is 456 g/mol. The molecule has 1 N–H and O–H groups in total. The highest BCUT2D eigenvalue weighted by Gasteiger charge is 2.24. The van der Waals surface area contributed by atoms with E-state index in [9.17, 15) is 0 Å². The van der Waals surface area contributed by atoms with Crippen LogP contribution in [0.25, 0.3) is 22.4 Å². The minimum Gasteiger partial charge on any atom is -0.364 e. The fraction of sp³-hybridized carbons (Fsp3) is 0.462. The Morgan fingerprint density at radius 3 is 2.60 bits per heavy atom. The third kappa shape index (κ3) is 4.62. The van der Waals surface area contributed by atoms with Crippen molar-refractivity contribution in [3.05, 3.63) is 47.0 Å². The highest BCUT2D eigenvalue weighted by molar-refractivity contribution is 7.08. The minimum absolute atomic E-state index is 0.487. The van der Waals surface area contributed by atoms with E-state index in [1.807, 2.05) is 12.5 Å². The van der Waals surface area contributed by atoms with Crippen LogP contribution in [0.1, 0.15) is 44.2 Å². The number of imidazole rings is 1. The number of fused-ring (bicyclic) bond motifs is 1. The molecule has 6 rings (SSSR count). The van der Waals surface area contributed by atoms with E-state index in [4.69, 9.17) is 15.0 Å². The second-order valence-electron chi connectivity index (χ2n) is 9.47. The standard InChI is InChI=1S/C26H32N8S/c1-2-32-10-12-33(13-11-32)26-30-24(23-25(31-26)34(18-29-23)21-5-3-4-6-21)28-16-19-7-8-22(27-15-19)20-9-14-35-17-20/h7-9,14-15,17-18,21H,2-6,10-13,16H2,1H3,(H,28,30,31). The molecule has 1 aliphatic carbocycles. The first-order valence-electron chi connectivity index (χ1n) is 12.7. The molecule has 1 saturated heterocycles. The molecule has 1 aliphatic heterocycles. The summed E-state index contributed by atoms with van der Waals surface area (Å²) in [5, 5.41) is 7.77. The van der Waals surface area contributed by atoms with Gasteiger partial charge >= 0.3 is 0 Å². The lowest BCUT2D eigenvalue weighted by molar-refractivity contribution is 0.270. The molecule has 0 radical (unpaired) electrons. The monoisotopic (exact) mass is 488 g/mol. The van der Waals surface area contributed by atoms with Gasteiger partial charge in [-0.15, -0.1) is 0 Å². The molecular formula is C26H32N8S. The molecule has 0 amide bonds. The summed E-state index contributed by atoms with van der Waals surface area (Å²) in [5.41, 5.74) is 5.09. The Morgan fingerprint density at radius 2 is 1.89 bits per heavy atom. The third-order valence-electron chi connectivity index (χ3n) is 7.33. The van der Waals surface area contributed by atoms with Gasteiger partial charge in [-0.2, -0.15) is 21.3 Å². The summed E-state index contributed by atoms with van der Waals surface area (Å²) in [4.78, 5) is 24.3. The van der Waals surface area contributed by atoms with Gasteiger partial charge in [-0.1, -0.05) is 25.8 Å². The molecule has 9 heteroatoms. The molecule has 8 nitrogen and oxygen atoms in total. The average Bonchev–Trinajstić information content (AvgIpc) is 3.69. The van der Waals surface area contributed by atoms with Crippen LogP contribution in [0.3, 0.4) is 0 Å². The summed E-state index contributed by atoms with van der Waals surface area (Å²) in [6, 6.07) is 6.81. The lowest BCUT2D eigenvalue weighted by atomic mass is 10.2. The maximum Gasteiger partial charge on any atom is 0.229 e. The SMILES string of the molecule is CCN1CCN(c2nc(NCc3ccc(-c4ccsc4)nc3)c3ncn(C4CCCC4)c3n2)CC1.